The van der Waals surface area contributed by atoms with E-state index < -0.39 is 40.5 Å². The van der Waals surface area contributed by atoms with E-state index >= 15 is 0 Å². The number of nitrogens with one attached hydrogen (secondary N) is 7. The minimum absolute atomic E-state index is 0.110. The minimum Gasteiger partial charge on any atom is -0.494 e. The second-order valence-electron chi connectivity index (χ2n) is 16.6. The number of unbranched alkanes of at least 4 members (excludes halogenated alkanes) is 1. The summed E-state index contributed by atoms with van der Waals surface area (Å²) in [7, 11) is -4.36. The number of nitrogens with two attached hydrogens (primary N) is 1. The Morgan fingerprint density at radius 2 is 1.51 bits per heavy atom. The molecule has 23 nitrogen and oxygen atoms in total. The highest BCUT2D eigenvalue weighted by molar-refractivity contribution is 7.89. The van der Waals surface area contributed by atoms with Crippen molar-refractivity contribution in [2.24, 2.45) is 5.73 Å². The number of carboxylic acids is 1. The average molecular weight is 1010 g/mol. The van der Waals surface area contributed by atoms with Crippen LogP contribution in [0.4, 0.5) is 5.95 Å². The number of fused-ring (bicyclic) bond motifs is 1. The standard InChI is InChI=1S/C47H71N11O12S/c1-33-28-38(70-23-6-11-42(60)49-16-8-21-67-24-26-69-27-25-68-22-9-17-50-45(62)39(56-35(3)59)10-4-5-14-48)29-34(2)43(33)71(65,66)57-40(46(63)64)32-54-44(61)36-12-13-41-37(30-36)31-55-58(41)20-7-15-51-47-52-18-19-53-47/h12-13,18-19,28-31,39-40,57H,4-11,14-17,20-27,32,48H2,1-3H3,(H,49,60)(H,50,62)(H,54,61)(H,56,59)(H,63,64)(H2,51,52,53)/t39-,40+/m1/s1. The third-order valence-electron chi connectivity index (χ3n) is 10.8. The van der Waals surface area contributed by atoms with E-state index in [9.17, 15) is 37.5 Å². The molecule has 24 heteroatoms. The highest BCUT2D eigenvalue weighted by atomic mass is 32.2. The SMILES string of the molecule is CC(=O)N[C@H](CCCCN)C(=O)NCCCOCCOCCOCCCNC(=O)CCCOc1cc(C)c(S(=O)(=O)N[C@@H](CNC(=O)c2ccc3c(cnn3CCCNc3ncc[nH]3)c2)C(=O)O)c(C)c1. The normalized spacial score (nSPS) is 12.3. The second-order valence-corrected chi connectivity index (χ2v) is 18.3. The summed E-state index contributed by atoms with van der Waals surface area (Å²) in [5, 5.41) is 29.1. The summed E-state index contributed by atoms with van der Waals surface area (Å²) in [5.74, 6) is -1.60. The van der Waals surface area contributed by atoms with Crippen LogP contribution in [-0.2, 0) is 50.0 Å². The predicted octanol–water partition coefficient (Wildman–Crippen LogP) is 1.90. The van der Waals surface area contributed by atoms with Crippen molar-refractivity contribution in [3.63, 3.8) is 0 Å². The maximum atomic E-state index is 13.5. The smallest absolute Gasteiger partial charge is 0.323 e. The lowest BCUT2D eigenvalue weighted by atomic mass is 10.1. The molecule has 0 aliphatic carbocycles. The van der Waals surface area contributed by atoms with Crippen LogP contribution in [0.1, 0.15) is 79.8 Å². The van der Waals surface area contributed by atoms with Crippen LogP contribution < -0.4 is 41.8 Å². The monoisotopic (exact) mass is 1010 g/mol. The number of carbonyl (C=O) groups is 5. The van der Waals surface area contributed by atoms with Crippen LogP contribution in [0.15, 0.2) is 53.8 Å². The largest absolute Gasteiger partial charge is 0.494 e. The van der Waals surface area contributed by atoms with Gasteiger partial charge in [-0.1, -0.05) is 0 Å². The highest BCUT2D eigenvalue weighted by Crippen LogP contribution is 2.26. The van der Waals surface area contributed by atoms with Gasteiger partial charge in [-0.3, -0.25) is 28.7 Å². The summed E-state index contributed by atoms with van der Waals surface area (Å²) in [5.41, 5.74) is 7.23. The van der Waals surface area contributed by atoms with Gasteiger partial charge in [0.05, 0.1) is 49.6 Å². The molecule has 392 valence electrons. The zero-order valence-corrected chi connectivity index (χ0v) is 41.7. The van der Waals surface area contributed by atoms with Gasteiger partial charge in [-0.25, -0.2) is 13.4 Å². The lowest BCUT2D eigenvalue weighted by Gasteiger charge is -2.19. The molecule has 2 aromatic heterocycles. The third kappa shape index (κ3) is 21.0. The molecule has 0 spiro atoms. The Bertz CT molecular complexity index is 2380. The molecule has 2 heterocycles. The molecule has 0 radical (unpaired) electrons. The lowest BCUT2D eigenvalue weighted by molar-refractivity contribution is -0.138. The number of aliphatic carboxylic acids is 1. The van der Waals surface area contributed by atoms with E-state index in [-0.39, 0.29) is 41.2 Å². The summed E-state index contributed by atoms with van der Waals surface area (Å²) >= 11 is 0. The van der Waals surface area contributed by atoms with Crippen molar-refractivity contribution < 1.29 is 56.4 Å². The molecule has 0 unspecified atom stereocenters. The zero-order valence-electron chi connectivity index (χ0n) is 40.9. The number of ether oxygens (including phenoxy) is 4. The minimum atomic E-state index is -4.36. The van der Waals surface area contributed by atoms with Crippen LogP contribution in [0.25, 0.3) is 10.9 Å². The van der Waals surface area contributed by atoms with Gasteiger partial charge in [-0.15, -0.1) is 0 Å². The first kappa shape index (κ1) is 57.4. The molecule has 2 aromatic carbocycles. The summed E-state index contributed by atoms with van der Waals surface area (Å²) in [6.07, 6.45) is 9.73. The van der Waals surface area contributed by atoms with Crippen LogP contribution >= 0.6 is 0 Å². The van der Waals surface area contributed by atoms with Gasteiger partial charge in [0.25, 0.3) is 5.91 Å². The number of rotatable bonds is 37. The molecule has 4 rings (SSSR count). The van der Waals surface area contributed by atoms with Gasteiger partial charge in [0, 0.05) is 82.6 Å². The van der Waals surface area contributed by atoms with E-state index in [0.29, 0.717) is 126 Å². The lowest BCUT2D eigenvalue weighted by Crippen LogP contribution is -2.48. The van der Waals surface area contributed by atoms with Crippen molar-refractivity contribution in [1.29, 1.82) is 0 Å². The number of carbonyl (C=O) groups excluding carboxylic acids is 4. The molecule has 4 amide bonds. The van der Waals surface area contributed by atoms with E-state index in [1.165, 1.54) is 19.1 Å². The molecule has 0 bridgehead atoms. The third-order valence-corrected chi connectivity index (χ3v) is 12.5. The number of nitrogens with zero attached hydrogens (tertiary/aromatic N) is 3. The highest BCUT2D eigenvalue weighted by Gasteiger charge is 2.29. The molecule has 2 atom stereocenters. The number of hydrogen-bond donors (Lipinski definition) is 9. The molecule has 0 saturated carbocycles. The van der Waals surface area contributed by atoms with Gasteiger partial charge in [0.1, 0.15) is 17.8 Å². The Balaban J connectivity index is 1.04. The van der Waals surface area contributed by atoms with Crippen molar-refractivity contribution in [1.82, 2.24) is 45.7 Å². The van der Waals surface area contributed by atoms with Gasteiger partial charge in [0.15, 0.2) is 5.95 Å². The molecule has 10 N–H and O–H groups in total. The topological polar surface area (TPSA) is 321 Å². The van der Waals surface area contributed by atoms with Crippen molar-refractivity contribution >= 4 is 56.5 Å². The predicted molar refractivity (Wildman–Crippen MR) is 264 cm³/mol. The van der Waals surface area contributed by atoms with Gasteiger partial charge in [-0.2, -0.15) is 9.82 Å². The second kappa shape index (κ2) is 31.2. The maximum absolute atomic E-state index is 13.5. The van der Waals surface area contributed by atoms with Crippen molar-refractivity contribution in [3.8, 4) is 5.75 Å². The Labute approximate surface area is 414 Å². The summed E-state index contributed by atoms with van der Waals surface area (Å²) < 4.78 is 53.6. The van der Waals surface area contributed by atoms with Crippen molar-refractivity contribution in [2.45, 2.75) is 95.7 Å². The van der Waals surface area contributed by atoms with Crippen LogP contribution in [0.5, 0.6) is 5.75 Å². The first-order chi connectivity index (χ1) is 34.2. The van der Waals surface area contributed by atoms with Crippen LogP contribution in [0.3, 0.4) is 0 Å². The maximum Gasteiger partial charge on any atom is 0.323 e. The van der Waals surface area contributed by atoms with Crippen LogP contribution in [0, 0.1) is 13.8 Å². The van der Waals surface area contributed by atoms with Gasteiger partial charge < -0.3 is 61.4 Å². The Kier molecular flexibility index (Phi) is 25.2. The van der Waals surface area contributed by atoms with Crippen LogP contribution in [0.2, 0.25) is 0 Å². The fraction of sp³-hybridized carbons (Fsp3) is 0.553. The number of benzene rings is 2. The summed E-state index contributed by atoms with van der Waals surface area (Å²) in [4.78, 5) is 68.4. The van der Waals surface area contributed by atoms with E-state index in [1.807, 2.05) is 4.68 Å². The van der Waals surface area contributed by atoms with E-state index in [1.54, 1.807) is 50.6 Å². The number of sulfonamides is 1. The summed E-state index contributed by atoms with van der Waals surface area (Å²) in [6, 6.07) is 5.81. The van der Waals surface area contributed by atoms with Gasteiger partial charge in [-0.05, 0) is 107 Å². The zero-order chi connectivity index (χ0) is 51.4. The number of aryl methyl sites for hydroxylation is 3. The molecule has 0 saturated heterocycles. The quantitative estimate of drug-likeness (QED) is 0.0291. The Morgan fingerprint density at radius 3 is 2.15 bits per heavy atom. The number of aromatic nitrogens is 4. The van der Waals surface area contributed by atoms with Crippen LogP contribution in [-0.4, -0.2) is 154 Å². The van der Waals surface area contributed by atoms with E-state index in [0.717, 1.165) is 24.8 Å². The molecular formula is C47H71N11O12S. The van der Waals surface area contributed by atoms with Crippen molar-refractivity contribution in [2.75, 3.05) is 84.3 Å². The molecule has 4 aromatic rings. The number of amides is 4. The molecule has 0 aliphatic heterocycles. The van der Waals surface area contributed by atoms with E-state index in [2.05, 4.69) is 46.4 Å². The number of carboxylic acid groups (broad SMARTS) is 1. The first-order valence-corrected chi connectivity index (χ1v) is 25.4. The van der Waals surface area contributed by atoms with Gasteiger partial charge in [0.2, 0.25) is 27.7 Å². The number of aromatic amines is 1. The van der Waals surface area contributed by atoms with Crippen molar-refractivity contribution in [3.05, 3.63) is 65.6 Å². The fourth-order valence-electron chi connectivity index (χ4n) is 7.32. The van der Waals surface area contributed by atoms with Gasteiger partial charge >= 0.3 is 5.97 Å². The first-order valence-electron chi connectivity index (χ1n) is 23.9. The summed E-state index contributed by atoms with van der Waals surface area (Å²) in [6.45, 7) is 9.37. The number of imidazole rings is 1. The molecule has 0 fully saturated rings. The molecule has 0 aliphatic rings. The Morgan fingerprint density at radius 1 is 0.817 bits per heavy atom. The Hall–Kier alpha value is -6.18. The molecule has 71 heavy (non-hydrogen) atoms. The number of hydrogen-bond acceptors (Lipinski definition) is 15. The average Bonchev–Trinajstić information content (AvgIpc) is 4.01. The van der Waals surface area contributed by atoms with E-state index in [4.69, 9.17) is 24.7 Å². The number of H-pyrrole nitrogens is 1. The fourth-order valence-corrected chi connectivity index (χ4v) is 8.96. The number of anilines is 1. The molecular weight excluding hydrogens is 943 g/mol.